The molecule has 0 spiro atoms. The number of nitrogens with zero attached hydrogens (tertiary/aromatic N) is 1. The van der Waals surface area contributed by atoms with Gasteiger partial charge >= 0.3 is 5.97 Å². The highest BCUT2D eigenvalue weighted by atomic mass is 19.1. The molecule has 0 fully saturated rings. The van der Waals surface area contributed by atoms with Crippen molar-refractivity contribution in [2.75, 3.05) is 6.61 Å². The van der Waals surface area contributed by atoms with Crippen LogP contribution in [-0.2, 0) is 4.74 Å². The topological polar surface area (TPSA) is 63.2 Å². The van der Waals surface area contributed by atoms with Crippen molar-refractivity contribution in [2.45, 2.75) is 12.8 Å². The lowest BCUT2D eigenvalue weighted by Crippen LogP contribution is -2.04. The Balaban J connectivity index is 2.00. The van der Waals surface area contributed by atoms with E-state index in [2.05, 4.69) is 0 Å². The van der Waals surface area contributed by atoms with Crippen LogP contribution in [0.1, 0.15) is 23.4 Å². The van der Waals surface area contributed by atoms with E-state index in [9.17, 15) is 9.18 Å². The maximum Gasteiger partial charge on any atom is 0.374 e. The van der Waals surface area contributed by atoms with Crippen LogP contribution in [0, 0.1) is 17.1 Å². The number of hydrogen-bond acceptors (Lipinski definition) is 4. The van der Waals surface area contributed by atoms with Crippen LogP contribution in [0.15, 0.2) is 40.8 Å². The smallest absolute Gasteiger partial charge is 0.374 e. The van der Waals surface area contributed by atoms with Gasteiger partial charge in [-0.05, 0) is 42.8 Å². The predicted octanol–water partition coefficient (Wildman–Crippen LogP) is 3.55. The van der Waals surface area contributed by atoms with E-state index in [0.29, 0.717) is 24.2 Å². The first-order valence-corrected chi connectivity index (χ1v) is 6.10. The molecular formula is C15H12FNO3. The molecule has 0 amide bonds. The summed E-state index contributed by atoms with van der Waals surface area (Å²) < 4.78 is 23.1. The van der Waals surface area contributed by atoms with Gasteiger partial charge in [0.2, 0.25) is 5.76 Å². The molecule has 0 radical (unpaired) electrons. The number of hydrogen-bond donors (Lipinski definition) is 0. The minimum Gasteiger partial charge on any atom is -0.460 e. The number of nitriles is 1. The van der Waals surface area contributed by atoms with Crippen molar-refractivity contribution < 1.29 is 18.3 Å². The number of esters is 1. The molecule has 0 N–H and O–H groups in total. The molecule has 1 aromatic heterocycles. The SMILES string of the molecule is N#CCCCOC(=O)c1ccc(-c2ccc(F)cc2)o1. The maximum atomic E-state index is 12.8. The van der Waals surface area contributed by atoms with E-state index in [4.69, 9.17) is 14.4 Å². The zero-order valence-corrected chi connectivity index (χ0v) is 10.6. The highest BCUT2D eigenvalue weighted by molar-refractivity contribution is 5.87. The van der Waals surface area contributed by atoms with E-state index in [1.807, 2.05) is 6.07 Å². The average molecular weight is 273 g/mol. The van der Waals surface area contributed by atoms with E-state index in [0.717, 1.165) is 0 Å². The molecule has 2 rings (SSSR count). The number of rotatable bonds is 5. The second-order valence-corrected chi connectivity index (χ2v) is 4.07. The number of carbonyl (C=O) groups is 1. The number of halogens is 1. The van der Waals surface area contributed by atoms with Crippen molar-refractivity contribution >= 4 is 5.97 Å². The van der Waals surface area contributed by atoms with Crippen LogP contribution < -0.4 is 0 Å². The van der Waals surface area contributed by atoms with Crippen molar-refractivity contribution in [1.29, 1.82) is 5.26 Å². The molecule has 0 aliphatic rings. The first-order valence-electron chi connectivity index (χ1n) is 6.10. The van der Waals surface area contributed by atoms with Crippen LogP contribution in [0.5, 0.6) is 0 Å². The van der Waals surface area contributed by atoms with E-state index < -0.39 is 5.97 Å². The lowest BCUT2D eigenvalue weighted by molar-refractivity contribution is 0.0466. The molecule has 4 nitrogen and oxygen atoms in total. The number of furan rings is 1. The van der Waals surface area contributed by atoms with Crippen LogP contribution >= 0.6 is 0 Å². The van der Waals surface area contributed by atoms with Gasteiger partial charge < -0.3 is 9.15 Å². The molecule has 1 aromatic carbocycles. The second kappa shape index (κ2) is 6.53. The Bertz CT molecular complexity index is 625. The van der Waals surface area contributed by atoms with Crippen LogP contribution in [-0.4, -0.2) is 12.6 Å². The third-order valence-corrected chi connectivity index (χ3v) is 2.60. The number of ether oxygens (including phenoxy) is 1. The van der Waals surface area contributed by atoms with E-state index in [1.54, 1.807) is 18.2 Å². The van der Waals surface area contributed by atoms with E-state index >= 15 is 0 Å². The number of benzene rings is 1. The Hall–Kier alpha value is -2.61. The highest BCUT2D eigenvalue weighted by Crippen LogP contribution is 2.22. The summed E-state index contributed by atoms with van der Waals surface area (Å²) in [7, 11) is 0. The first kappa shape index (κ1) is 13.8. The Kier molecular flexibility index (Phi) is 4.51. The highest BCUT2D eigenvalue weighted by Gasteiger charge is 2.13. The summed E-state index contributed by atoms with van der Waals surface area (Å²) >= 11 is 0. The minimum atomic E-state index is -0.573. The molecule has 2 aromatic rings. The normalized spacial score (nSPS) is 10.0. The standard InChI is InChI=1S/C15H12FNO3/c16-12-5-3-11(4-6-12)13-7-8-14(20-13)15(18)19-10-2-1-9-17/h3-8H,1-2,10H2. The maximum absolute atomic E-state index is 12.8. The van der Waals surface area contributed by atoms with Gasteiger partial charge in [0, 0.05) is 12.0 Å². The van der Waals surface area contributed by atoms with Gasteiger partial charge in [-0.1, -0.05) is 0 Å². The largest absolute Gasteiger partial charge is 0.460 e. The van der Waals surface area contributed by atoms with Crippen LogP contribution in [0.3, 0.4) is 0 Å². The van der Waals surface area contributed by atoms with Crippen LogP contribution in [0.4, 0.5) is 4.39 Å². The van der Waals surface area contributed by atoms with Gasteiger partial charge in [-0.3, -0.25) is 0 Å². The van der Waals surface area contributed by atoms with Gasteiger partial charge in [0.05, 0.1) is 12.7 Å². The molecular weight excluding hydrogens is 261 g/mol. The molecule has 0 saturated carbocycles. The molecule has 1 heterocycles. The first-order chi connectivity index (χ1) is 9.70. The summed E-state index contributed by atoms with van der Waals surface area (Å²) in [6.07, 6.45) is 0.833. The third-order valence-electron chi connectivity index (χ3n) is 2.60. The third kappa shape index (κ3) is 3.45. The van der Waals surface area contributed by atoms with Gasteiger partial charge in [0.15, 0.2) is 0 Å². The molecule has 0 aliphatic carbocycles. The molecule has 0 saturated heterocycles. The Morgan fingerprint density at radius 3 is 2.70 bits per heavy atom. The fraction of sp³-hybridized carbons (Fsp3) is 0.200. The fourth-order valence-corrected chi connectivity index (χ4v) is 1.60. The Morgan fingerprint density at radius 2 is 2.00 bits per heavy atom. The fourth-order valence-electron chi connectivity index (χ4n) is 1.60. The zero-order valence-electron chi connectivity index (χ0n) is 10.6. The summed E-state index contributed by atoms with van der Waals surface area (Å²) in [4.78, 5) is 11.6. The van der Waals surface area contributed by atoms with Crippen LogP contribution in [0.25, 0.3) is 11.3 Å². The quantitative estimate of drug-likeness (QED) is 0.617. The van der Waals surface area contributed by atoms with Gasteiger partial charge in [0.25, 0.3) is 0 Å². The predicted molar refractivity (Wildman–Crippen MR) is 69.2 cm³/mol. The van der Waals surface area contributed by atoms with Crippen molar-refractivity contribution in [2.24, 2.45) is 0 Å². The summed E-state index contributed by atoms with van der Waals surface area (Å²) in [5.41, 5.74) is 0.676. The van der Waals surface area contributed by atoms with Gasteiger partial charge in [-0.2, -0.15) is 5.26 Å². The lowest BCUT2D eigenvalue weighted by Gasteiger charge is -2.00. The summed E-state index contributed by atoms with van der Waals surface area (Å²) in [6.45, 7) is 0.180. The second-order valence-electron chi connectivity index (χ2n) is 4.07. The Morgan fingerprint density at radius 1 is 1.25 bits per heavy atom. The molecule has 102 valence electrons. The minimum absolute atomic E-state index is 0.0845. The lowest BCUT2D eigenvalue weighted by atomic mass is 10.2. The van der Waals surface area contributed by atoms with Crippen molar-refractivity contribution in [3.63, 3.8) is 0 Å². The summed E-state index contributed by atoms with van der Waals surface area (Å²) in [6, 6.07) is 10.9. The molecule has 0 aliphatic heterocycles. The van der Waals surface area contributed by atoms with Crippen molar-refractivity contribution in [3.8, 4) is 17.4 Å². The average Bonchev–Trinajstić information content (AvgIpc) is 2.94. The van der Waals surface area contributed by atoms with Gasteiger partial charge in [0.1, 0.15) is 11.6 Å². The van der Waals surface area contributed by atoms with Gasteiger partial charge in [-0.25, -0.2) is 9.18 Å². The summed E-state index contributed by atoms with van der Waals surface area (Å²) in [5, 5.41) is 8.36. The monoisotopic (exact) mass is 273 g/mol. The zero-order chi connectivity index (χ0) is 14.4. The van der Waals surface area contributed by atoms with E-state index in [-0.39, 0.29) is 18.2 Å². The molecule has 0 atom stereocenters. The number of carbonyl (C=O) groups excluding carboxylic acids is 1. The Labute approximate surface area is 115 Å². The molecule has 5 heteroatoms. The van der Waals surface area contributed by atoms with Crippen molar-refractivity contribution in [1.82, 2.24) is 0 Å². The van der Waals surface area contributed by atoms with E-state index in [1.165, 1.54) is 18.2 Å². The summed E-state index contributed by atoms with van der Waals surface area (Å²) in [5.74, 6) is -0.357. The number of unbranched alkanes of at least 4 members (excludes halogenated alkanes) is 1. The molecule has 20 heavy (non-hydrogen) atoms. The molecule has 0 unspecified atom stereocenters. The van der Waals surface area contributed by atoms with Crippen LogP contribution in [0.2, 0.25) is 0 Å². The van der Waals surface area contributed by atoms with Gasteiger partial charge in [-0.15, -0.1) is 0 Å². The molecule has 0 bridgehead atoms. The van der Waals surface area contributed by atoms with Crippen molar-refractivity contribution in [3.05, 3.63) is 48.0 Å².